The van der Waals surface area contributed by atoms with E-state index in [-0.39, 0.29) is 4.90 Å². The van der Waals surface area contributed by atoms with Crippen LogP contribution in [0.2, 0.25) is 0 Å². The highest BCUT2D eigenvalue weighted by atomic mass is 32.2. The van der Waals surface area contributed by atoms with Gasteiger partial charge in [-0.05, 0) is 13.8 Å². The van der Waals surface area contributed by atoms with Gasteiger partial charge >= 0.3 is 0 Å². The van der Waals surface area contributed by atoms with Crippen LogP contribution < -0.4 is 9.44 Å². The van der Waals surface area contributed by atoms with E-state index in [1.165, 1.54) is 22.7 Å². The van der Waals surface area contributed by atoms with Gasteiger partial charge in [0.25, 0.3) is 20.0 Å². The number of aliphatic imine (C=N–C) groups is 2. The molecule has 0 bridgehead atoms. The molecule has 28 heavy (non-hydrogen) atoms. The van der Waals surface area contributed by atoms with Crippen LogP contribution in [0.3, 0.4) is 0 Å². The topological polar surface area (TPSA) is 117 Å². The summed E-state index contributed by atoms with van der Waals surface area (Å²) in [6.07, 6.45) is 0. The number of hydrogen-bond acceptors (Lipinski definition) is 10. The number of fused-ring (bicyclic) bond motifs is 2. The van der Waals surface area contributed by atoms with Gasteiger partial charge in [-0.2, -0.15) is 11.3 Å². The molecule has 0 radical (unpaired) electrons. The van der Waals surface area contributed by atoms with E-state index in [4.69, 9.17) is 0 Å². The van der Waals surface area contributed by atoms with Crippen LogP contribution in [0, 0.1) is 0 Å². The molecule has 0 spiro atoms. The summed E-state index contributed by atoms with van der Waals surface area (Å²) in [6.45, 7) is 4.80. The van der Waals surface area contributed by atoms with Crippen molar-refractivity contribution in [3.63, 3.8) is 0 Å². The minimum atomic E-state index is -3.48. The Kier molecular flexibility index (Phi) is 6.18. The molecule has 0 unspecified atom stereocenters. The Hall–Kier alpha value is -1.06. The van der Waals surface area contributed by atoms with Gasteiger partial charge in [0, 0.05) is 29.4 Å². The Morgan fingerprint density at radius 3 is 2.18 bits per heavy atom. The van der Waals surface area contributed by atoms with E-state index in [9.17, 15) is 16.8 Å². The van der Waals surface area contributed by atoms with Crippen LogP contribution in [0.1, 0.15) is 25.0 Å². The fourth-order valence-corrected chi connectivity index (χ4v) is 8.90. The molecule has 2 aromatic rings. The number of rotatable bonds is 2. The van der Waals surface area contributed by atoms with Gasteiger partial charge < -0.3 is 0 Å². The van der Waals surface area contributed by atoms with Crippen LogP contribution in [-0.2, 0) is 20.0 Å². The van der Waals surface area contributed by atoms with Crippen LogP contribution >= 0.6 is 47.9 Å². The van der Waals surface area contributed by atoms with E-state index in [1.807, 2.05) is 13.8 Å². The first-order valence-corrected chi connectivity index (χ1v) is 13.5. The summed E-state index contributed by atoms with van der Waals surface area (Å²) in [5, 5.41) is 3.41. The Morgan fingerprint density at radius 1 is 0.929 bits per heavy atom. The highest BCUT2D eigenvalue weighted by molar-refractivity contribution is 7.92. The monoisotopic (exact) mass is 496 g/mol. The third-order valence-electron chi connectivity index (χ3n) is 3.60. The van der Waals surface area contributed by atoms with E-state index in [0.717, 1.165) is 0 Å². The highest BCUT2D eigenvalue weighted by Gasteiger charge is 2.36. The number of sulfonamides is 2. The summed E-state index contributed by atoms with van der Waals surface area (Å²) in [5.41, 5.74) is 1.25. The van der Waals surface area contributed by atoms with Crippen molar-refractivity contribution in [2.24, 2.45) is 9.98 Å². The third-order valence-corrected chi connectivity index (χ3v) is 9.35. The summed E-state index contributed by atoms with van der Waals surface area (Å²) in [7, 11) is -6.79. The zero-order valence-electron chi connectivity index (χ0n) is 14.6. The van der Waals surface area contributed by atoms with E-state index >= 15 is 0 Å². The molecule has 152 valence electrons. The van der Waals surface area contributed by atoms with E-state index in [1.54, 1.807) is 10.8 Å². The minimum Gasteiger partial charge on any atom is -0.268 e. The second kappa shape index (κ2) is 7.99. The summed E-state index contributed by atoms with van der Waals surface area (Å²) in [5.74, 6) is 0.841. The standard InChI is InChI=1S/C7H8N2O2S4.C7H8N2O2S2/c1-2-8-5-3-4(15(10,11)9-5)7(13)14-6(3)12;1-2-8-7-5-3-12-4-6(5)13(10,11)9-7/h12-13H,2H2,1H3,(H,8,9);3-4H,2H2,1H3,(H,8,9). The second-order valence-electron chi connectivity index (χ2n) is 5.42. The average Bonchev–Trinajstić information content (AvgIpc) is 3.29. The first-order valence-electron chi connectivity index (χ1n) is 7.88. The van der Waals surface area contributed by atoms with Crippen LogP contribution in [0.4, 0.5) is 0 Å². The molecular formula is C14H16N4O4S6. The Labute approximate surface area is 182 Å². The maximum Gasteiger partial charge on any atom is 0.265 e. The minimum absolute atomic E-state index is 0.202. The zero-order valence-corrected chi connectivity index (χ0v) is 19.7. The normalized spacial score (nSPS) is 20.9. The number of hydrogen-bond donors (Lipinski definition) is 4. The van der Waals surface area contributed by atoms with Crippen LogP contribution in [0.5, 0.6) is 0 Å². The summed E-state index contributed by atoms with van der Waals surface area (Å²) < 4.78 is 52.1. The van der Waals surface area contributed by atoms with Crippen molar-refractivity contribution < 1.29 is 16.8 Å². The summed E-state index contributed by atoms with van der Waals surface area (Å²) in [6, 6.07) is 0. The second-order valence-corrected chi connectivity index (χ2v) is 12.0. The van der Waals surface area contributed by atoms with E-state index < -0.39 is 20.0 Å². The maximum absolute atomic E-state index is 11.7. The van der Waals surface area contributed by atoms with E-state index in [0.29, 0.717) is 49.2 Å². The molecule has 0 aromatic carbocycles. The predicted octanol–water partition coefficient (Wildman–Crippen LogP) is 2.19. The molecule has 8 nitrogen and oxygen atoms in total. The summed E-state index contributed by atoms with van der Waals surface area (Å²) in [4.78, 5) is 8.70. The van der Waals surface area contributed by atoms with Crippen LogP contribution in [0.15, 0.2) is 39.0 Å². The highest BCUT2D eigenvalue weighted by Crippen LogP contribution is 2.40. The molecule has 2 aliphatic rings. The molecule has 0 aliphatic carbocycles. The smallest absolute Gasteiger partial charge is 0.265 e. The van der Waals surface area contributed by atoms with Crippen molar-refractivity contribution in [2.75, 3.05) is 13.1 Å². The Morgan fingerprint density at radius 2 is 1.54 bits per heavy atom. The first-order chi connectivity index (χ1) is 13.1. The molecule has 0 saturated heterocycles. The van der Waals surface area contributed by atoms with E-state index in [2.05, 4.69) is 44.7 Å². The van der Waals surface area contributed by atoms with Gasteiger partial charge in [-0.1, -0.05) is 0 Å². The van der Waals surface area contributed by atoms with Gasteiger partial charge in [-0.25, -0.2) is 16.8 Å². The SMILES string of the molecule is CCN=C1NS(=O)(=O)c2c(S)sc(S)c21.CCN=C1NS(=O)(=O)c2cscc21. The van der Waals surface area contributed by atoms with Gasteiger partial charge in [0.2, 0.25) is 0 Å². The number of nitrogens with one attached hydrogen (secondary N) is 2. The molecule has 2 aromatic heterocycles. The number of amidine groups is 2. The number of nitrogens with zero attached hydrogens (tertiary/aromatic N) is 2. The van der Waals surface area contributed by atoms with Crippen molar-refractivity contribution in [3.8, 4) is 0 Å². The lowest BCUT2D eigenvalue weighted by Gasteiger charge is -1.98. The fourth-order valence-electron chi connectivity index (χ4n) is 2.53. The average molecular weight is 497 g/mol. The Bertz CT molecular complexity index is 1190. The largest absolute Gasteiger partial charge is 0.268 e. The number of thiophene rings is 2. The predicted molar refractivity (Wildman–Crippen MR) is 118 cm³/mol. The Balaban J connectivity index is 0.000000162. The van der Waals surface area contributed by atoms with Gasteiger partial charge in [0.1, 0.15) is 21.5 Å². The lowest BCUT2D eigenvalue weighted by Crippen LogP contribution is -2.22. The molecular weight excluding hydrogens is 481 g/mol. The third kappa shape index (κ3) is 3.85. The molecule has 0 amide bonds. The lowest BCUT2D eigenvalue weighted by molar-refractivity contribution is 0.592. The molecule has 2 N–H and O–H groups in total. The summed E-state index contributed by atoms with van der Waals surface area (Å²) >= 11 is 11.0. The molecule has 0 saturated carbocycles. The first kappa shape index (κ1) is 21.6. The van der Waals surface area contributed by atoms with Crippen molar-refractivity contribution in [3.05, 3.63) is 21.9 Å². The van der Waals surface area contributed by atoms with Crippen LogP contribution in [-0.4, -0.2) is 41.6 Å². The quantitative estimate of drug-likeness (QED) is 0.477. The molecule has 14 heteroatoms. The zero-order chi connectivity index (χ0) is 20.7. The van der Waals surface area contributed by atoms with Gasteiger partial charge in [0.05, 0.1) is 14.0 Å². The van der Waals surface area contributed by atoms with Gasteiger partial charge in [-0.15, -0.1) is 36.6 Å². The van der Waals surface area contributed by atoms with Crippen molar-refractivity contribution >= 4 is 79.6 Å². The molecule has 0 atom stereocenters. The van der Waals surface area contributed by atoms with Gasteiger partial charge in [0.15, 0.2) is 0 Å². The van der Waals surface area contributed by atoms with Crippen molar-refractivity contribution in [1.82, 2.24) is 9.44 Å². The van der Waals surface area contributed by atoms with Gasteiger partial charge in [-0.3, -0.25) is 19.4 Å². The fraction of sp³-hybridized carbons (Fsp3) is 0.286. The molecule has 4 rings (SSSR count). The lowest BCUT2D eigenvalue weighted by atomic mass is 10.3. The van der Waals surface area contributed by atoms with Crippen molar-refractivity contribution in [2.45, 2.75) is 32.1 Å². The van der Waals surface area contributed by atoms with Crippen molar-refractivity contribution in [1.29, 1.82) is 0 Å². The number of thiol groups is 2. The maximum atomic E-state index is 11.7. The van der Waals surface area contributed by atoms with Crippen LogP contribution in [0.25, 0.3) is 0 Å². The molecule has 0 fully saturated rings. The molecule has 2 aliphatic heterocycles. The molecule has 4 heterocycles.